The van der Waals surface area contributed by atoms with Crippen molar-refractivity contribution in [3.63, 3.8) is 0 Å². The lowest BCUT2D eigenvalue weighted by atomic mass is 10.2. The first-order valence-electron chi connectivity index (χ1n) is 6.09. The smallest absolute Gasteiger partial charge is 0.338 e. The Kier molecular flexibility index (Phi) is 4.03. The van der Waals surface area contributed by atoms with Crippen molar-refractivity contribution < 1.29 is 9.53 Å². The predicted molar refractivity (Wildman–Crippen MR) is 76.5 cm³/mol. The van der Waals surface area contributed by atoms with Crippen LogP contribution in [0.15, 0.2) is 48.5 Å². The SMILES string of the molecule is CCOC(=O)c1ccc(Nc2ccc(N)cc2)cc1. The molecule has 2 aromatic carbocycles. The number of nitrogen functional groups attached to an aromatic ring is 1. The van der Waals surface area contributed by atoms with Crippen LogP contribution in [0.2, 0.25) is 0 Å². The second kappa shape index (κ2) is 5.91. The van der Waals surface area contributed by atoms with Crippen molar-refractivity contribution in [1.29, 1.82) is 0 Å². The Bertz CT molecular complexity index is 547. The van der Waals surface area contributed by atoms with Crippen molar-refractivity contribution in [3.05, 3.63) is 54.1 Å². The topological polar surface area (TPSA) is 64.3 Å². The van der Waals surface area contributed by atoms with E-state index in [4.69, 9.17) is 10.5 Å². The van der Waals surface area contributed by atoms with Crippen molar-refractivity contribution >= 4 is 23.0 Å². The molecule has 98 valence electrons. The Labute approximate surface area is 112 Å². The Balaban J connectivity index is 2.06. The molecule has 2 rings (SSSR count). The van der Waals surface area contributed by atoms with Crippen LogP contribution in [0.25, 0.3) is 0 Å². The number of anilines is 3. The summed E-state index contributed by atoms with van der Waals surface area (Å²) in [5, 5.41) is 3.22. The van der Waals surface area contributed by atoms with E-state index >= 15 is 0 Å². The highest BCUT2D eigenvalue weighted by molar-refractivity contribution is 5.89. The van der Waals surface area contributed by atoms with E-state index in [-0.39, 0.29) is 5.97 Å². The molecule has 0 amide bonds. The van der Waals surface area contributed by atoms with E-state index in [0.29, 0.717) is 12.2 Å². The quantitative estimate of drug-likeness (QED) is 0.651. The van der Waals surface area contributed by atoms with Crippen LogP contribution in [0.1, 0.15) is 17.3 Å². The van der Waals surface area contributed by atoms with E-state index in [2.05, 4.69) is 5.32 Å². The molecular formula is C15H16N2O2. The van der Waals surface area contributed by atoms with Gasteiger partial charge in [-0.15, -0.1) is 0 Å². The van der Waals surface area contributed by atoms with Gasteiger partial charge in [0.1, 0.15) is 0 Å². The average Bonchev–Trinajstić information content (AvgIpc) is 2.42. The fraction of sp³-hybridized carbons (Fsp3) is 0.133. The lowest BCUT2D eigenvalue weighted by molar-refractivity contribution is 0.0526. The Morgan fingerprint density at radius 1 is 1.05 bits per heavy atom. The lowest BCUT2D eigenvalue weighted by Gasteiger charge is -2.07. The molecule has 0 fully saturated rings. The molecule has 0 saturated carbocycles. The third-order valence-corrected chi connectivity index (χ3v) is 2.60. The number of hydrogen-bond donors (Lipinski definition) is 2. The van der Waals surface area contributed by atoms with Gasteiger partial charge in [0, 0.05) is 17.1 Å². The van der Waals surface area contributed by atoms with Gasteiger partial charge in [-0.2, -0.15) is 0 Å². The largest absolute Gasteiger partial charge is 0.462 e. The minimum absolute atomic E-state index is 0.304. The number of nitrogens with two attached hydrogens (primary N) is 1. The highest BCUT2D eigenvalue weighted by Gasteiger charge is 2.05. The highest BCUT2D eigenvalue weighted by atomic mass is 16.5. The first-order valence-corrected chi connectivity index (χ1v) is 6.09. The standard InChI is InChI=1S/C15H16N2O2/c1-2-19-15(18)11-3-7-13(8-4-11)17-14-9-5-12(16)6-10-14/h3-10,17H,2,16H2,1H3. The fourth-order valence-electron chi connectivity index (χ4n) is 1.64. The van der Waals surface area contributed by atoms with Crippen LogP contribution in [0, 0.1) is 0 Å². The maximum absolute atomic E-state index is 11.5. The van der Waals surface area contributed by atoms with Gasteiger partial charge in [-0.05, 0) is 55.5 Å². The second-order valence-electron chi connectivity index (χ2n) is 4.04. The molecule has 0 saturated heterocycles. The van der Waals surface area contributed by atoms with Crippen LogP contribution in [-0.4, -0.2) is 12.6 Å². The van der Waals surface area contributed by atoms with Crippen LogP contribution in [0.3, 0.4) is 0 Å². The predicted octanol–water partition coefficient (Wildman–Crippen LogP) is 3.19. The van der Waals surface area contributed by atoms with Crippen molar-refractivity contribution in [2.45, 2.75) is 6.92 Å². The molecular weight excluding hydrogens is 240 g/mol. The Morgan fingerprint density at radius 3 is 2.11 bits per heavy atom. The Morgan fingerprint density at radius 2 is 1.58 bits per heavy atom. The van der Waals surface area contributed by atoms with E-state index < -0.39 is 0 Å². The zero-order chi connectivity index (χ0) is 13.7. The zero-order valence-corrected chi connectivity index (χ0v) is 10.7. The summed E-state index contributed by atoms with van der Waals surface area (Å²) < 4.78 is 4.93. The maximum atomic E-state index is 11.5. The molecule has 0 bridgehead atoms. The molecule has 3 N–H and O–H groups in total. The number of nitrogens with one attached hydrogen (secondary N) is 1. The van der Waals surface area contributed by atoms with Gasteiger partial charge < -0.3 is 15.8 Å². The third kappa shape index (κ3) is 3.48. The number of benzene rings is 2. The molecule has 4 nitrogen and oxygen atoms in total. The van der Waals surface area contributed by atoms with Crippen LogP contribution >= 0.6 is 0 Å². The van der Waals surface area contributed by atoms with Crippen molar-refractivity contribution in [3.8, 4) is 0 Å². The summed E-state index contributed by atoms with van der Waals surface area (Å²) in [5.74, 6) is -0.304. The molecule has 19 heavy (non-hydrogen) atoms. The normalized spacial score (nSPS) is 9.95. The minimum Gasteiger partial charge on any atom is -0.462 e. The summed E-state index contributed by atoms with van der Waals surface area (Å²) in [4.78, 5) is 11.5. The minimum atomic E-state index is -0.304. The summed E-state index contributed by atoms with van der Waals surface area (Å²) in [7, 11) is 0. The van der Waals surface area contributed by atoms with Gasteiger partial charge in [0.2, 0.25) is 0 Å². The van der Waals surface area contributed by atoms with Gasteiger partial charge in [-0.25, -0.2) is 4.79 Å². The molecule has 0 aliphatic carbocycles. The average molecular weight is 256 g/mol. The number of carbonyl (C=O) groups excluding carboxylic acids is 1. The number of carbonyl (C=O) groups is 1. The summed E-state index contributed by atoms with van der Waals surface area (Å²) in [6, 6.07) is 14.6. The molecule has 0 heterocycles. The highest BCUT2D eigenvalue weighted by Crippen LogP contribution is 2.18. The molecule has 0 aromatic heterocycles. The number of hydrogen-bond acceptors (Lipinski definition) is 4. The molecule has 0 unspecified atom stereocenters. The molecule has 4 heteroatoms. The van der Waals surface area contributed by atoms with Gasteiger partial charge in [0.05, 0.1) is 12.2 Å². The number of ether oxygens (including phenoxy) is 1. The van der Waals surface area contributed by atoms with E-state index in [9.17, 15) is 4.79 Å². The van der Waals surface area contributed by atoms with E-state index in [1.165, 1.54) is 0 Å². The van der Waals surface area contributed by atoms with Crippen LogP contribution in [0.5, 0.6) is 0 Å². The maximum Gasteiger partial charge on any atom is 0.338 e. The van der Waals surface area contributed by atoms with Gasteiger partial charge in [0.15, 0.2) is 0 Å². The molecule has 0 atom stereocenters. The van der Waals surface area contributed by atoms with Gasteiger partial charge >= 0.3 is 5.97 Å². The number of esters is 1. The summed E-state index contributed by atoms with van der Waals surface area (Å²) >= 11 is 0. The van der Waals surface area contributed by atoms with Crippen molar-refractivity contribution in [1.82, 2.24) is 0 Å². The van der Waals surface area contributed by atoms with Gasteiger partial charge in [0.25, 0.3) is 0 Å². The molecule has 0 radical (unpaired) electrons. The van der Waals surface area contributed by atoms with Gasteiger partial charge in [-0.3, -0.25) is 0 Å². The summed E-state index contributed by atoms with van der Waals surface area (Å²) in [5.41, 5.74) is 8.74. The van der Waals surface area contributed by atoms with Crippen molar-refractivity contribution in [2.75, 3.05) is 17.7 Å². The fourth-order valence-corrected chi connectivity index (χ4v) is 1.64. The zero-order valence-electron chi connectivity index (χ0n) is 10.7. The first-order chi connectivity index (χ1) is 9.19. The second-order valence-corrected chi connectivity index (χ2v) is 4.04. The van der Waals surface area contributed by atoms with E-state index in [1.807, 2.05) is 36.4 Å². The van der Waals surface area contributed by atoms with Crippen LogP contribution in [-0.2, 0) is 4.74 Å². The monoisotopic (exact) mass is 256 g/mol. The molecule has 0 aliphatic rings. The first kappa shape index (κ1) is 13.0. The van der Waals surface area contributed by atoms with Gasteiger partial charge in [-0.1, -0.05) is 0 Å². The van der Waals surface area contributed by atoms with Crippen molar-refractivity contribution in [2.24, 2.45) is 0 Å². The molecule has 0 spiro atoms. The van der Waals surface area contributed by atoms with Crippen LogP contribution in [0.4, 0.5) is 17.1 Å². The summed E-state index contributed by atoms with van der Waals surface area (Å²) in [6.07, 6.45) is 0. The van der Waals surface area contributed by atoms with Crippen LogP contribution < -0.4 is 11.1 Å². The molecule has 2 aromatic rings. The third-order valence-electron chi connectivity index (χ3n) is 2.60. The van der Waals surface area contributed by atoms with E-state index in [1.54, 1.807) is 19.1 Å². The summed E-state index contributed by atoms with van der Waals surface area (Å²) in [6.45, 7) is 2.17. The number of rotatable bonds is 4. The molecule has 0 aliphatic heterocycles. The Hall–Kier alpha value is -2.49. The van der Waals surface area contributed by atoms with E-state index in [0.717, 1.165) is 17.1 Å². The lowest BCUT2D eigenvalue weighted by Crippen LogP contribution is -2.04.